The molecular formula is C12H22N2O. The largest absolute Gasteiger partial charge is 0.342 e. The van der Waals surface area contributed by atoms with Crippen molar-refractivity contribution in [2.24, 2.45) is 23.5 Å². The number of nitrogens with zero attached hydrogens (tertiary/aromatic N) is 1. The van der Waals surface area contributed by atoms with Crippen LogP contribution in [0.3, 0.4) is 0 Å². The number of likely N-dealkylation sites (tertiary alicyclic amines) is 1. The summed E-state index contributed by atoms with van der Waals surface area (Å²) >= 11 is 0. The van der Waals surface area contributed by atoms with E-state index in [2.05, 4.69) is 11.8 Å². The summed E-state index contributed by atoms with van der Waals surface area (Å²) in [5.41, 5.74) is 5.57. The highest BCUT2D eigenvalue weighted by Gasteiger charge is 2.42. The molecule has 2 fully saturated rings. The number of carbonyl (C=O) groups is 1. The fourth-order valence-corrected chi connectivity index (χ4v) is 2.64. The number of nitrogens with two attached hydrogens (primary N) is 1. The van der Waals surface area contributed by atoms with Gasteiger partial charge in [0.1, 0.15) is 0 Å². The van der Waals surface area contributed by atoms with Gasteiger partial charge in [-0.25, -0.2) is 0 Å². The van der Waals surface area contributed by atoms with E-state index >= 15 is 0 Å². The Bertz CT molecular complexity index is 240. The number of piperidine rings is 1. The van der Waals surface area contributed by atoms with Crippen molar-refractivity contribution in [3.05, 3.63) is 0 Å². The van der Waals surface area contributed by atoms with E-state index in [1.165, 1.54) is 6.42 Å². The molecule has 0 aromatic heterocycles. The van der Waals surface area contributed by atoms with E-state index in [0.29, 0.717) is 23.7 Å². The lowest BCUT2D eigenvalue weighted by atomic mass is 9.94. The van der Waals surface area contributed by atoms with Crippen LogP contribution in [0, 0.1) is 17.8 Å². The molecule has 0 radical (unpaired) electrons. The van der Waals surface area contributed by atoms with E-state index in [-0.39, 0.29) is 0 Å². The van der Waals surface area contributed by atoms with E-state index < -0.39 is 0 Å². The van der Waals surface area contributed by atoms with Crippen LogP contribution in [-0.2, 0) is 4.79 Å². The lowest BCUT2D eigenvalue weighted by molar-refractivity contribution is -0.134. The van der Waals surface area contributed by atoms with Crippen molar-refractivity contribution in [1.82, 2.24) is 4.90 Å². The predicted octanol–water partition coefficient (Wildman–Crippen LogP) is 1.23. The van der Waals surface area contributed by atoms with Gasteiger partial charge in [-0.2, -0.15) is 0 Å². The van der Waals surface area contributed by atoms with Crippen LogP contribution in [0.1, 0.15) is 32.6 Å². The highest BCUT2D eigenvalue weighted by Crippen LogP contribution is 2.39. The van der Waals surface area contributed by atoms with Gasteiger partial charge in [0.25, 0.3) is 0 Å². The van der Waals surface area contributed by atoms with Gasteiger partial charge in [0.2, 0.25) is 5.91 Å². The first-order valence-electron chi connectivity index (χ1n) is 6.21. The van der Waals surface area contributed by atoms with Crippen LogP contribution in [0.5, 0.6) is 0 Å². The number of hydrogen-bond donors (Lipinski definition) is 1. The van der Waals surface area contributed by atoms with Crippen molar-refractivity contribution in [3.8, 4) is 0 Å². The summed E-state index contributed by atoms with van der Waals surface area (Å²) in [5, 5.41) is 0. The third-order valence-corrected chi connectivity index (χ3v) is 3.83. The first-order chi connectivity index (χ1) is 7.22. The summed E-state index contributed by atoms with van der Waals surface area (Å²) in [6.45, 7) is 4.86. The molecule has 3 heteroatoms. The second kappa shape index (κ2) is 4.52. The zero-order chi connectivity index (χ0) is 10.8. The zero-order valence-corrected chi connectivity index (χ0v) is 9.61. The highest BCUT2D eigenvalue weighted by atomic mass is 16.2. The Balaban J connectivity index is 1.84. The summed E-state index contributed by atoms with van der Waals surface area (Å²) in [5.74, 6) is 2.04. The molecule has 2 N–H and O–H groups in total. The van der Waals surface area contributed by atoms with Crippen LogP contribution in [0.4, 0.5) is 0 Å². The SMILES string of the molecule is CC1CC1C(=O)N1CCCC(CCN)C1. The Labute approximate surface area is 92.0 Å². The van der Waals surface area contributed by atoms with Gasteiger partial charge in [-0.15, -0.1) is 0 Å². The molecule has 3 nitrogen and oxygen atoms in total. The average molecular weight is 210 g/mol. The van der Waals surface area contributed by atoms with Gasteiger partial charge < -0.3 is 10.6 Å². The molecule has 2 rings (SSSR count). The topological polar surface area (TPSA) is 46.3 Å². The zero-order valence-electron chi connectivity index (χ0n) is 9.61. The molecule has 0 aromatic carbocycles. The van der Waals surface area contributed by atoms with Crippen molar-refractivity contribution in [2.75, 3.05) is 19.6 Å². The van der Waals surface area contributed by atoms with Gasteiger partial charge >= 0.3 is 0 Å². The van der Waals surface area contributed by atoms with Crippen molar-refractivity contribution in [3.63, 3.8) is 0 Å². The Hall–Kier alpha value is -0.570. The van der Waals surface area contributed by atoms with Crippen LogP contribution in [0.2, 0.25) is 0 Å². The highest BCUT2D eigenvalue weighted by molar-refractivity contribution is 5.81. The fourth-order valence-electron chi connectivity index (χ4n) is 2.64. The third-order valence-electron chi connectivity index (χ3n) is 3.83. The molecule has 3 atom stereocenters. The Morgan fingerprint density at radius 1 is 1.53 bits per heavy atom. The molecule has 0 bridgehead atoms. The predicted molar refractivity (Wildman–Crippen MR) is 60.2 cm³/mol. The molecule has 0 spiro atoms. The van der Waals surface area contributed by atoms with Crippen molar-refractivity contribution >= 4 is 5.91 Å². The van der Waals surface area contributed by atoms with E-state index in [4.69, 9.17) is 5.73 Å². The van der Waals surface area contributed by atoms with E-state index in [1.54, 1.807) is 0 Å². The maximum atomic E-state index is 12.0. The quantitative estimate of drug-likeness (QED) is 0.761. The summed E-state index contributed by atoms with van der Waals surface area (Å²) in [4.78, 5) is 14.1. The summed E-state index contributed by atoms with van der Waals surface area (Å²) < 4.78 is 0. The molecule has 1 amide bonds. The standard InChI is InChI=1S/C12H22N2O/c1-9-7-11(9)12(15)14-6-2-3-10(8-14)4-5-13/h9-11H,2-8,13H2,1H3. The van der Waals surface area contributed by atoms with E-state index in [1.807, 2.05) is 0 Å². The molecule has 0 aromatic rings. The van der Waals surface area contributed by atoms with Crippen LogP contribution in [-0.4, -0.2) is 30.4 Å². The van der Waals surface area contributed by atoms with Gasteiger partial charge in [0.05, 0.1) is 0 Å². The molecule has 1 aliphatic carbocycles. The van der Waals surface area contributed by atoms with Gasteiger partial charge in [-0.3, -0.25) is 4.79 Å². The molecule has 86 valence electrons. The Morgan fingerprint density at radius 3 is 2.87 bits per heavy atom. The van der Waals surface area contributed by atoms with Crippen LogP contribution >= 0.6 is 0 Å². The molecule has 1 saturated heterocycles. The molecular weight excluding hydrogens is 188 g/mol. The van der Waals surface area contributed by atoms with Crippen LogP contribution < -0.4 is 5.73 Å². The number of carbonyl (C=O) groups excluding carboxylic acids is 1. The normalized spacial score (nSPS) is 35.3. The first kappa shape index (κ1) is 10.9. The van der Waals surface area contributed by atoms with Gasteiger partial charge in [-0.1, -0.05) is 6.92 Å². The van der Waals surface area contributed by atoms with Crippen LogP contribution in [0.25, 0.3) is 0 Å². The van der Waals surface area contributed by atoms with Crippen molar-refractivity contribution in [2.45, 2.75) is 32.6 Å². The Kier molecular flexibility index (Phi) is 3.29. The monoisotopic (exact) mass is 210 g/mol. The van der Waals surface area contributed by atoms with E-state index in [9.17, 15) is 4.79 Å². The average Bonchev–Trinajstić information content (AvgIpc) is 2.95. The van der Waals surface area contributed by atoms with E-state index in [0.717, 1.165) is 38.9 Å². The van der Waals surface area contributed by atoms with Gasteiger partial charge in [-0.05, 0) is 44.1 Å². The summed E-state index contributed by atoms with van der Waals surface area (Å²) in [6.07, 6.45) is 4.60. The molecule has 2 aliphatic rings. The van der Waals surface area contributed by atoms with Crippen molar-refractivity contribution < 1.29 is 4.79 Å². The molecule has 15 heavy (non-hydrogen) atoms. The van der Waals surface area contributed by atoms with Gasteiger partial charge in [0, 0.05) is 19.0 Å². The smallest absolute Gasteiger partial charge is 0.225 e. The van der Waals surface area contributed by atoms with Crippen LogP contribution in [0.15, 0.2) is 0 Å². The molecule has 1 heterocycles. The van der Waals surface area contributed by atoms with Crippen molar-refractivity contribution in [1.29, 1.82) is 0 Å². The lowest BCUT2D eigenvalue weighted by Crippen LogP contribution is -2.41. The minimum absolute atomic E-state index is 0.349. The minimum Gasteiger partial charge on any atom is -0.342 e. The second-order valence-corrected chi connectivity index (χ2v) is 5.19. The maximum absolute atomic E-state index is 12.0. The Morgan fingerprint density at radius 2 is 2.27 bits per heavy atom. The maximum Gasteiger partial charge on any atom is 0.225 e. The second-order valence-electron chi connectivity index (χ2n) is 5.19. The number of hydrogen-bond acceptors (Lipinski definition) is 2. The fraction of sp³-hybridized carbons (Fsp3) is 0.917. The third kappa shape index (κ3) is 2.51. The lowest BCUT2D eigenvalue weighted by Gasteiger charge is -2.33. The number of amides is 1. The molecule has 3 unspecified atom stereocenters. The summed E-state index contributed by atoms with van der Waals surface area (Å²) in [7, 11) is 0. The molecule has 1 saturated carbocycles. The minimum atomic E-state index is 0.349. The molecule has 1 aliphatic heterocycles. The first-order valence-corrected chi connectivity index (χ1v) is 6.21. The van der Waals surface area contributed by atoms with Gasteiger partial charge in [0.15, 0.2) is 0 Å². The number of rotatable bonds is 3. The summed E-state index contributed by atoms with van der Waals surface area (Å²) in [6, 6.07) is 0.